The van der Waals surface area contributed by atoms with Crippen LogP contribution in [0.2, 0.25) is 0 Å². The fourth-order valence-corrected chi connectivity index (χ4v) is 1.29. The van der Waals surface area contributed by atoms with E-state index in [1.165, 1.54) is 24.2 Å². The number of hydrogen-bond donors (Lipinski definition) is 1. The number of halogens is 3. The van der Waals surface area contributed by atoms with Crippen molar-refractivity contribution in [1.29, 1.82) is 0 Å². The van der Waals surface area contributed by atoms with Crippen molar-refractivity contribution in [3.05, 3.63) is 12.3 Å². The zero-order valence-corrected chi connectivity index (χ0v) is 8.76. The van der Waals surface area contributed by atoms with Crippen LogP contribution >= 0.6 is 0 Å². The number of nitrogens with zero attached hydrogens (tertiary/aromatic N) is 1. The highest BCUT2D eigenvalue weighted by atomic mass is 19.4. The van der Waals surface area contributed by atoms with Gasteiger partial charge in [0.2, 0.25) is 5.78 Å². The number of Topliss-reactive ketones (excluding diaryl/α,β-unsaturated/α-hetero) is 2. The summed E-state index contributed by atoms with van der Waals surface area (Å²) in [7, 11) is 1.60. The van der Waals surface area contributed by atoms with E-state index in [1.54, 1.807) is 7.05 Å². The molecule has 0 fully saturated rings. The van der Waals surface area contributed by atoms with Crippen LogP contribution in [0, 0.1) is 0 Å². The maximum Gasteiger partial charge on any atom is 0.450 e. The normalized spacial score (nSPS) is 24.9. The molecule has 90 valence electrons. The predicted molar refractivity (Wildman–Crippen MR) is 49.1 cm³/mol. The summed E-state index contributed by atoms with van der Waals surface area (Å²) in [6.45, 7) is 1.42. The third-order valence-corrected chi connectivity index (χ3v) is 2.26. The number of carbonyl (C=O) groups is 2. The molecule has 0 bridgehead atoms. The third-order valence-electron chi connectivity index (χ3n) is 2.26. The van der Waals surface area contributed by atoms with Crippen LogP contribution in [0.5, 0.6) is 0 Å². The van der Waals surface area contributed by atoms with E-state index < -0.39 is 29.7 Å². The summed E-state index contributed by atoms with van der Waals surface area (Å²) >= 11 is 0. The average molecular weight is 236 g/mol. The lowest BCUT2D eigenvalue weighted by molar-refractivity contribution is -0.172. The molecule has 1 atom stereocenters. The van der Waals surface area contributed by atoms with Gasteiger partial charge in [-0.15, -0.1) is 0 Å². The molecule has 0 aromatic heterocycles. The maximum atomic E-state index is 11.9. The van der Waals surface area contributed by atoms with Gasteiger partial charge in [0, 0.05) is 13.2 Å². The molecule has 1 aliphatic rings. The molecule has 1 heterocycles. The number of hydrazine groups is 1. The summed E-state index contributed by atoms with van der Waals surface area (Å²) in [5.41, 5.74) is 1.40. The van der Waals surface area contributed by atoms with Gasteiger partial charge in [-0.25, -0.2) is 5.43 Å². The quantitative estimate of drug-likeness (QED) is 0.736. The standard InChI is InChI=1S/C9H11F3N2O2/c1-8(3-4-14(2)13-8)6(15)5-7(16)9(10,11)12/h3-4,13H,5H2,1-2H3. The summed E-state index contributed by atoms with van der Waals surface area (Å²) in [6, 6.07) is 0. The second-order valence-corrected chi connectivity index (χ2v) is 3.76. The third kappa shape index (κ3) is 2.60. The summed E-state index contributed by atoms with van der Waals surface area (Å²) < 4.78 is 35.8. The van der Waals surface area contributed by atoms with Crippen molar-refractivity contribution >= 4 is 11.6 Å². The molecule has 1 N–H and O–H groups in total. The maximum absolute atomic E-state index is 11.9. The topological polar surface area (TPSA) is 49.4 Å². The SMILES string of the molecule is CN1C=CC(C)(C(=O)CC(=O)C(F)(F)F)N1. The first-order valence-electron chi connectivity index (χ1n) is 4.48. The van der Waals surface area contributed by atoms with Gasteiger partial charge in [0.1, 0.15) is 5.54 Å². The van der Waals surface area contributed by atoms with E-state index in [9.17, 15) is 22.8 Å². The van der Waals surface area contributed by atoms with Gasteiger partial charge in [-0.3, -0.25) is 9.59 Å². The molecule has 1 aliphatic heterocycles. The zero-order valence-electron chi connectivity index (χ0n) is 8.76. The van der Waals surface area contributed by atoms with E-state index in [1.807, 2.05) is 0 Å². The highest BCUT2D eigenvalue weighted by Crippen LogP contribution is 2.22. The lowest BCUT2D eigenvalue weighted by atomic mass is 9.94. The second-order valence-electron chi connectivity index (χ2n) is 3.76. The Labute approximate surface area is 90.1 Å². The van der Waals surface area contributed by atoms with Crippen molar-refractivity contribution in [3.8, 4) is 0 Å². The lowest BCUT2D eigenvalue weighted by Crippen LogP contribution is -2.50. The molecule has 0 aromatic carbocycles. The van der Waals surface area contributed by atoms with Crippen molar-refractivity contribution < 1.29 is 22.8 Å². The molecule has 7 heteroatoms. The summed E-state index contributed by atoms with van der Waals surface area (Å²) in [4.78, 5) is 22.2. The molecule has 0 amide bonds. The fourth-order valence-electron chi connectivity index (χ4n) is 1.29. The van der Waals surface area contributed by atoms with E-state index in [2.05, 4.69) is 5.43 Å². The Hall–Kier alpha value is -1.37. The Kier molecular flexibility index (Phi) is 3.09. The Balaban J connectivity index is 2.67. The van der Waals surface area contributed by atoms with Crippen molar-refractivity contribution in [3.63, 3.8) is 0 Å². The Morgan fingerprint density at radius 2 is 2.00 bits per heavy atom. The van der Waals surface area contributed by atoms with Crippen LogP contribution < -0.4 is 5.43 Å². The molecule has 4 nitrogen and oxygen atoms in total. The first-order valence-corrected chi connectivity index (χ1v) is 4.48. The highest BCUT2D eigenvalue weighted by molar-refractivity contribution is 6.06. The number of nitrogens with one attached hydrogen (secondary N) is 1. The van der Waals surface area contributed by atoms with Crippen molar-refractivity contribution in [1.82, 2.24) is 10.4 Å². The van der Waals surface area contributed by atoms with E-state index in [0.717, 1.165) is 0 Å². The number of alkyl halides is 3. The minimum atomic E-state index is -4.96. The van der Waals surface area contributed by atoms with Gasteiger partial charge in [0.15, 0.2) is 5.78 Å². The minimum Gasteiger partial charge on any atom is -0.318 e. The summed E-state index contributed by atoms with van der Waals surface area (Å²) in [5, 5.41) is 1.44. The Morgan fingerprint density at radius 3 is 2.38 bits per heavy atom. The average Bonchev–Trinajstić information content (AvgIpc) is 2.46. The molecule has 16 heavy (non-hydrogen) atoms. The zero-order chi connectivity index (χ0) is 12.6. The second kappa shape index (κ2) is 3.89. The number of rotatable bonds is 3. The Bertz CT molecular complexity index is 351. The van der Waals surface area contributed by atoms with Crippen LogP contribution in [-0.2, 0) is 9.59 Å². The van der Waals surface area contributed by atoms with Gasteiger partial charge in [-0.2, -0.15) is 13.2 Å². The molecule has 0 spiro atoms. The molecule has 0 saturated carbocycles. The van der Waals surface area contributed by atoms with E-state index >= 15 is 0 Å². The van der Waals surface area contributed by atoms with Gasteiger partial charge in [-0.05, 0) is 13.0 Å². The van der Waals surface area contributed by atoms with Crippen LogP contribution in [0.4, 0.5) is 13.2 Å². The molecule has 0 saturated heterocycles. The highest BCUT2D eigenvalue weighted by Gasteiger charge is 2.43. The van der Waals surface area contributed by atoms with E-state index in [-0.39, 0.29) is 0 Å². The molecule has 0 radical (unpaired) electrons. The fraction of sp³-hybridized carbons (Fsp3) is 0.556. The summed E-state index contributed by atoms with van der Waals surface area (Å²) in [5.74, 6) is -2.83. The number of ketones is 2. The van der Waals surface area contributed by atoms with Crippen LogP contribution in [0.1, 0.15) is 13.3 Å². The van der Waals surface area contributed by atoms with E-state index in [0.29, 0.717) is 0 Å². The molecular weight excluding hydrogens is 225 g/mol. The Morgan fingerprint density at radius 1 is 1.44 bits per heavy atom. The van der Waals surface area contributed by atoms with Crippen LogP contribution in [0.25, 0.3) is 0 Å². The van der Waals surface area contributed by atoms with Crippen molar-refractivity contribution in [2.24, 2.45) is 0 Å². The molecular formula is C9H11F3N2O2. The van der Waals surface area contributed by atoms with Gasteiger partial charge in [-0.1, -0.05) is 0 Å². The largest absolute Gasteiger partial charge is 0.450 e. The van der Waals surface area contributed by atoms with Gasteiger partial charge < -0.3 is 5.01 Å². The molecule has 1 unspecified atom stereocenters. The van der Waals surface area contributed by atoms with Gasteiger partial charge in [0.25, 0.3) is 0 Å². The first-order chi connectivity index (χ1) is 7.15. The summed E-state index contributed by atoms with van der Waals surface area (Å²) in [6.07, 6.45) is -3.18. The molecule has 0 aromatic rings. The van der Waals surface area contributed by atoms with E-state index in [4.69, 9.17) is 0 Å². The monoisotopic (exact) mass is 236 g/mol. The number of hydrogen-bond acceptors (Lipinski definition) is 4. The molecule has 1 rings (SSSR count). The minimum absolute atomic E-state index is 0.810. The predicted octanol–water partition coefficient (Wildman–Crippen LogP) is 0.799. The van der Waals surface area contributed by atoms with Crippen LogP contribution in [0.15, 0.2) is 12.3 Å². The van der Waals surface area contributed by atoms with Gasteiger partial charge >= 0.3 is 6.18 Å². The van der Waals surface area contributed by atoms with Crippen molar-refractivity contribution in [2.75, 3.05) is 7.05 Å². The van der Waals surface area contributed by atoms with Crippen LogP contribution in [0.3, 0.4) is 0 Å². The number of carbonyl (C=O) groups excluding carboxylic acids is 2. The molecule has 0 aliphatic carbocycles. The lowest BCUT2D eigenvalue weighted by Gasteiger charge is -2.23. The van der Waals surface area contributed by atoms with Crippen LogP contribution in [-0.4, -0.2) is 35.3 Å². The van der Waals surface area contributed by atoms with Gasteiger partial charge in [0.05, 0.1) is 6.42 Å². The van der Waals surface area contributed by atoms with Crippen molar-refractivity contribution in [2.45, 2.75) is 25.1 Å². The smallest absolute Gasteiger partial charge is 0.318 e. The first kappa shape index (κ1) is 12.7.